The number of esters is 1. The summed E-state index contributed by atoms with van der Waals surface area (Å²) >= 11 is 3.48. The zero-order chi connectivity index (χ0) is 12.7. The SMILES string of the molecule is CCOC(=O)[C@H]1[C@@H]2C[C@@H](O)[C@@H]([C@@H]2Br)N1C(C)=O. The van der Waals surface area contributed by atoms with E-state index >= 15 is 0 Å². The summed E-state index contributed by atoms with van der Waals surface area (Å²) in [5.74, 6) is -0.622. The van der Waals surface area contributed by atoms with E-state index in [-0.39, 0.29) is 28.7 Å². The van der Waals surface area contributed by atoms with Crippen LogP contribution < -0.4 is 0 Å². The molecule has 1 aliphatic heterocycles. The Bertz CT molecular complexity index is 348. The first-order valence-electron chi connectivity index (χ1n) is 5.76. The molecule has 0 unspecified atom stereocenters. The number of halogens is 1. The van der Waals surface area contributed by atoms with Crippen LogP contribution in [0.25, 0.3) is 0 Å². The maximum absolute atomic E-state index is 11.9. The minimum absolute atomic E-state index is 0.0317. The van der Waals surface area contributed by atoms with Crippen LogP contribution >= 0.6 is 15.9 Å². The van der Waals surface area contributed by atoms with Crippen molar-refractivity contribution in [2.24, 2.45) is 5.92 Å². The summed E-state index contributed by atoms with van der Waals surface area (Å²) in [6.45, 7) is 3.46. The van der Waals surface area contributed by atoms with Gasteiger partial charge in [-0.3, -0.25) is 4.79 Å². The average Bonchev–Trinajstić information content (AvgIpc) is 2.68. The van der Waals surface area contributed by atoms with Crippen molar-refractivity contribution < 1.29 is 19.4 Å². The summed E-state index contributed by atoms with van der Waals surface area (Å²) < 4.78 is 5.01. The number of likely N-dealkylation sites (tertiary alicyclic amines) is 1. The molecule has 5 nitrogen and oxygen atoms in total. The summed E-state index contributed by atoms with van der Waals surface area (Å²) in [5, 5.41) is 9.86. The first kappa shape index (κ1) is 12.8. The highest BCUT2D eigenvalue weighted by Gasteiger charge is 2.60. The Morgan fingerprint density at radius 3 is 2.71 bits per heavy atom. The molecule has 2 rings (SSSR count). The van der Waals surface area contributed by atoms with Gasteiger partial charge < -0.3 is 14.7 Å². The molecule has 17 heavy (non-hydrogen) atoms. The van der Waals surface area contributed by atoms with Gasteiger partial charge in [-0.2, -0.15) is 0 Å². The number of hydrogen-bond donors (Lipinski definition) is 1. The molecule has 2 fully saturated rings. The van der Waals surface area contributed by atoms with Crippen LogP contribution in [-0.4, -0.2) is 51.5 Å². The van der Waals surface area contributed by atoms with E-state index in [1.54, 1.807) is 6.92 Å². The van der Waals surface area contributed by atoms with Crippen molar-refractivity contribution in [3.05, 3.63) is 0 Å². The molecule has 1 N–H and O–H groups in total. The lowest BCUT2D eigenvalue weighted by atomic mass is 9.97. The Labute approximate surface area is 108 Å². The van der Waals surface area contributed by atoms with E-state index < -0.39 is 12.1 Å². The number of alkyl halides is 1. The molecule has 96 valence electrons. The summed E-state index contributed by atoms with van der Waals surface area (Å²) in [7, 11) is 0. The van der Waals surface area contributed by atoms with E-state index in [9.17, 15) is 14.7 Å². The number of ether oxygens (including phenoxy) is 1. The molecule has 1 saturated heterocycles. The maximum atomic E-state index is 11.9. The molecule has 0 aromatic rings. The average molecular weight is 306 g/mol. The molecular formula is C11H16BrNO4. The zero-order valence-electron chi connectivity index (χ0n) is 9.80. The second kappa shape index (κ2) is 4.57. The van der Waals surface area contributed by atoms with E-state index in [1.807, 2.05) is 0 Å². The van der Waals surface area contributed by atoms with Gasteiger partial charge in [-0.1, -0.05) is 15.9 Å². The third-order valence-electron chi connectivity index (χ3n) is 3.56. The molecule has 6 heteroatoms. The van der Waals surface area contributed by atoms with Gasteiger partial charge in [0.25, 0.3) is 0 Å². The molecule has 0 aromatic heterocycles. The predicted octanol–water partition coefficient (Wildman–Crippen LogP) is 0.293. The molecule has 1 saturated carbocycles. The van der Waals surface area contributed by atoms with Crippen molar-refractivity contribution in [2.75, 3.05) is 6.61 Å². The smallest absolute Gasteiger partial charge is 0.329 e. The van der Waals surface area contributed by atoms with Crippen LogP contribution in [0, 0.1) is 5.92 Å². The number of fused-ring (bicyclic) bond motifs is 2. The molecule has 0 aromatic carbocycles. The van der Waals surface area contributed by atoms with Crippen molar-refractivity contribution in [1.29, 1.82) is 0 Å². The largest absolute Gasteiger partial charge is 0.464 e. The molecule has 0 spiro atoms. The quantitative estimate of drug-likeness (QED) is 0.588. The van der Waals surface area contributed by atoms with Crippen molar-refractivity contribution >= 4 is 27.8 Å². The van der Waals surface area contributed by atoms with Crippen LogP contribution in [0.4, 0.5) is 0 Å². The highest BCUT2D eigenvalue weighted by atomic mass is 79.9. The Balaban J connectivity index is 2.26. The van der Waals surface area contributed by atoms with Crippen LogP contribution in [0.3, 0.4) is 0 Å². The van der Waals surface area contributed by atoms with Gasteiger partial charge in [-0.15, -0.1) is 0 Å². The lowest BCUT2D eigenvalue weighted by Gasteiger charge is -2.35. The Kier molecular flexibility index (Phi) is 3.45. The molecular weight excluding hydrogens is 290 g/mol. The highest BCUT2D eigenvalue weighted by molar-refractivity contribution is 9.09. The fraction of sp³-hybridized carbons (Fsp3) is 0.818. The van der Waals surface area contributed by atoms with E-state index in [0.29, 0.717) is 13.0 Å². The van der Waals surface area contributed by atoms with Gasteiger partial charge >= 0.3 is 5.97 Å². The van der Waals surface area contributed by atoms with Crippen molar-refractivity contribution in [3.8, 4) is 0 Å². The number of nitrogens with zero attached hydrogens (tertiary/aromatic N) is 1. The third kappa shape index (κ3) is 1.87. The molecule has 2 bridgehead atoms. The summed E-state index contributed by atoms with van der Waals surface area (Å²) in [5.41, 5.74) is 0. The van der Waals surface area contributed by atoms with Gasteiger partial charge in [-0.25, -0.2) is 4.79 Å². The molecule has 1 aliphatic carbocycles. The predicted molar refractivity (Wildman–Crippen MR) is 63.6 cm³/mol. The van der Waals surface area contributed by atoms with Gasteiger partial charge in [0, 0.05) is 17.7 Å². The van der Waals surface area contributed by atoms with Gasteiger partial charge in [0.05, 0.1) is 18.8 Å². The maximum Gasteiger partial charge on any atom is 0.329 e. The second-order valence-electron chi connectivity index (χ2n) is 4.53. The minimum atomic E-state index is -0.557. The topological polar surface area (TPSA) is 66.8 Å². The van der Waals surface area contributed by atoms with Crippen molar-refractivity contribution in [1.82, 2.24) is 4.90 Å². The van der Waals surface area contributed by atoms with Crippen molar-refractivity contribution in [2.45, 2.75) is 43.3 Å². The van der Waals surface area contributed by atoms with Gasteiger partial charge in [0.2, 0.25) is 5.91 Å². The molecule has 2 aliphatic rings. The molecule has 0 radical (unpaired) electrons. The molecule has 5 atom stereocenters. The van der Waals surface area contributed by atoms with Gasteiger partial charge in [0.15, 0.2) is 0 Å². The summed E-state index contributed by atoms with van der Waals surface area (Å²) in [4.78, 5) is 25.0. The number of amides is 1. The normalized spacial score (nSPS) is 39.5. The van der Waals surface area contributed by atoms with Gasteiger partial charge in [0.1, 0.15) is 6.04 Å². The monoisotopic (exact) mass is 305 g/mol. The zero-order valence-corrected chi connectivity index (χ0v) is 11.4. The standard InChI is InChI=1S/C11H16BrNO4/c1-3-17-11(16)9-6-4-7(15)10(8(6)12)13(9)5(2)14/h6-10,15H,3-4H2,1-2H3/t6-,7-,8-,9-,10+/m1/s1. The molecule has 1 amide bonds. The Morgan fingerprint density at radius 1 is 1.53 bits per heavy atom. The van der Waals surface area contributed by atoms with Crippen LogP contribution in [0.2, 0.25) is 0 Å². The Hall–Kier alpha value is -0.620. The van der Waals surface area contributed by atoms with Crippen LogP contribution in [0.1, 0.15) is 20.3 Å². The fourth-order valence-electron chi connectivity index (χ4n) is 2.97. The van der Waals surface area contributed by atoms with E-state index in [1.165, 1.54) is 11.8 Å². The second-order valence-corrected chi connectivity index (χ2v) is 5.58. The number of aliphatic hydroxyl groups is 1. The van der Waals surface area contributed by atoms with Gasteiger partial charge in [-0.05, 0) is 13.3 Å². The van der Waals surface area contributed by atoms with E-state index in [4.69, 9.17) is 4.74 Å². The third-order valence-corrected chi connectivity index (χ3v) is 4.78. The van der Waals surface area contributed by atoms with Crippen LogP contribution in [0.5, 0.6) is 0 Å². The number of carbonyl (C=O) groups excluding carboxylic acids is 2. The van der Waals surface area contributed by atoms with Crippen LogP contribution in [0.15, 0.2) is 0 Å². The Morgan fingerprint density at radius 2 is 2.18 bits per heavy atom. The summed E-state index contributed by atoms with van der Waals surface area (Å²) in [6.07, 6.45) is -0.0210. The number of piperidine rings is 1. The number of carbonyl (C=O) groups is 2. The number of hydrogen-bond acceptors (Lipinski definition) is 4. The first-order chi connectivity index (χ1) is 7.99. The highest BCUT2D eigenvalue weighted by Crippen LogP contribution is 2.47. The van der Waals surface area contributed by atoms with Crippen molar-refractivity contribution in [3.63, 3.8) is 0 Å². The molecule has 1 heterocycles. The minimum Gasteiger partial charge on any atom is -0.464 e. The van der Waals surface area contributed by atoms with Crippen LogP contribution in [-0.2, 0) is 14.3 Å². The van der Waals surface area contributed by atoms with E-state index in [0.717, 1.165) is 0 Å². The first-order valence-corrected chi connectivity index (χ1v) is 6.68. The number of aliphatic hydroxyl groups excluding tert-OH is 1. The fourth-order valence-corrected chi connectivity index (χ4v) is 4.08. The van der Waals surface area contributed by atoms with E-state index in [2.05, 4.69) is 15.9 Å². The summed E-state index contributed by atoms with van der Waals surface area (Å²) in [6, 6.07) is -0.864. The lowest BCUT2D eigenvalue weighted by Crippen LogP contribution is -2.53. The number of rotatable bonds is 2. The lowest BCUT2D eigenvalue weighted by molar-refractivity contribution is -0.158.